The van der Waals surface area contributed by atoms with Crippen molar-refractivity contribution in [1.82, 2.24) is 0 Å². The standard InChI is InChI=1S/C9H9F3O2S2/c10-5-1-2-6(11)9(12)8(5)7(3-4-15)16(13)14/h1-2,7,15H,3-4H2,(H,13,14). The van der Waals surface area contributed by atoms with E-state index in [-0.39, 0.29) is 12.2 Å². The highest BCUT2D eigenvalue weighted by Crippen LogP contribution is 2.29. The third kappa shape index (κ3) is 2.78. The molecule has 0 amide bonds. The van der Waals surface area contributed by atoms with Gasteiger partial charge in [-0.05, 0) is 24.3 Å². The Morgan fingerprint density at radius 1 is 1.31 bits per heavy atom. The summed E-state index contributed by atoms with van der Waals surface area (Å²) >= 11 is 1.34. The summed E-state index contributed by atoms with van der Waals surface area (Å²) in [5, 5.41) is -1.31. The van der Waals surface area contributed by atoms with E-state index in [1.807, 2.05) is 0 Å². The third-order valence-electron chi connectivity index (χ3n) is 2.04. The van der Waals surface area contributed by atoms with Crippen LogP contribution >= 0.6 is 12.6 Å². The molecule has 0 aliphatic rings. The van der Waals surface area contributed by atoms with Crippen LogP contribution in [0.15, 0.2) is 12.1 Å². The molecular weight excluding hydrogens is 261 g/mol. The van der Waals surface area contributed by atoms with Gasteiger partial charge in [-0.3, -0.25) is 0 Å². The van der Waals surface area contributed by atoms with Crippen molar-refractivity contribution < 1.29 is 21.9 Å². The second-order valence-electron chi connectivity index (χ2n) is 3.03. The van der Waals surface area contributed by atoms with Crippen molar-refractivity contribution in [3.8, 4) is 0 Å². The first-order valence-corrected chi connectivity index (χ1v) is 6.13. The molecule has 0 saturated heterocycles. The van der Waals surface area contributed by atoms with Gasteiger partial charge < -0.3 is 4.55 Å². The van der Waals surface area contributed by atoms with Crippen molar-refractivity contribution in [1.29, 1.82) is 0 Å². The molecule has 0 spiro atoms. The molecule has 0 aliphatic heterocycles. The SMILES string of the molecule is O=S(O)C(CCS)c1c(F)ccc(F)c1F. The van der Waals surface area contributed by atoms with Crippen molar-refractivity contribution in [2.75, 3.05) is 5.75 Å². The van der Waals surface area contributed by atoms with Crippen LogP contribution in [0.1, 0.15) is 17.2 Å². The van der Waals surface area contributed by atoms with Crippen LogP contribution in [-0.2, 0) is 11.1 Å². The highest BCUT2D eigenvalue weighted by molar-refractivity contribution is 7.80. The first kappa shape index (κ1) is 13.5. The summed E-state index contributed by atoms with van der Waals surface area (Å²) in [4.78, 5) is 0. The lowest BCUT2D eigenvalue weighted by atomic mass is 10.1. The third-order valence-corrected chi connectivity index (χ3v) is 3.25. The van der Waals surface area contributed by atoms with E-state index in [4.69, 9.17) is 4.55 Å². The topological polar surface area (TPSA) is 37.3 Å². The van der Waals surface area contributed by atoms with Gasteiger partial charge in [0.25, 0.3) is 0 Å². The molecule has 1 aromatic carbocycles. The van der Waals surface area contributed by atoms with Crippen LogP contribution in [0.2, 0.25) is 0 Å². The first-order valence-electron chi connectivity index (χ1n) is 4.33. The van der Waals surface area contributed by atoms with Crippen molar-refractivity contribution in [2.45, 2.75) is 11.7 Å². The highest BCUT2D eigenvalue weighted by atomic mass is 32.2. The predicted molar refractivity (Wildman–Crippen MR) is 58.3 cm³/mol. The van der Waals surface area contributed by atoms with Crippen LogP contribution in [0.4, 0.5) is 13.2 Å². The van der Waals surface area contributed by atoms with Gasteiger partial charge in [-0.2, -0.15) is 12.6 Å². The second-order valence-corrected chi connectivity index (χ2v) is 4.60. The van der Waals surface area contributed by atoms with Crippen molar-refractivity contribution in [3.05, 3.63) is 35.1 Å². The second kappa shape index (κ2) is 5.70. The summed E-state index contributed by atoms with van der Waals surface area (Å²) in [6, 6.07) is 1.36. The van der Waals surface area contributed by atoms with Crippen LogP contribution in [0.25, 0.3) is 0 Å². The maximum atomic E-state index is 13.3. The summed E-state index contributed by atoms with van der Waals surface area (Å²) < 4.78 is 59.3. The van der Waals surface area contributed by atoms with E-state index in [0.717, 1.165) is 6.07 Å². The lowest BCUT2D eigenvalue weighted by molar-refractivity contribution is 0.470. The molecule has 90 valence electrons. The molecule has 1 N–H and O–H groups in total. The van der Waals surface area contributed by atoms with Crippen molar-refractivity contribution in [2.24, 2.45) is 0 Å². The number of halogens is 3. The molecular formula is C9H9F3O2S2. The monoisotopic (exact) mass is 270 g/mol. The first-order chi connectivity index (χ1) is 7.49. The molecule has 1 rings (SSSR count). The van der Waals surface area contributed by atoms with Crippen molar-refractivity contribution in [3.63, 3.8) is 0 Å². The Kier molecular flexibility index (Phi) is 4.82. The van der Waals surface area contributed by atoms with Gasteiger partial charge in [-0.15, -0.1) is 0 Å². The van der Waals surface area contributed by atoms with E-state index in [2.05, 4.69) is 12.6 Å². The molecule has 0 aromatic heterocycles. The van der Waals surface area contributed by atoms with Gasteiger partial charge >= 0.3 is 0 Å². The smallest absolute Gasteiger partial charge is 0.166 e. The fraction of sp³-hybridized carbons (Fsp3) is 0.333. The average Bonchev–Trinajstić information content (AvgIpc) is 2.22. The molecule has 0 heterocycles. The minimum absolute atomic E-state index is 0.0243. The number of rotatable bonds is 4. The van der Waals surface area contributed by atoms with E-state index >= 15 is 0 Å². The van der Waals surface area contributed by atoms with Crippen molar-refractivity contribution >= 4 is 23.7 Å². The molecule has 7 heteroatoms. The fourth-order valence-corrected chi connectivity index (χ4v) is 2.47. The van der Waals surface area contributed by atoms with Gasteiger partial charge in [-0.25, -0.2) is 17.4 Å². The Bertz CT molecular complexity index is 412. The van der Waals surface area contributed by atoms with Gasteiger partial charge in [-0.1, -0.05) is 0 Å². The zero-order valence-electron chi connectivity index (χ0n) is 7.99. The minimum atomic E-state index is -2.48. The fourth-order valence-electron chi connectivity index (χ4n) is 1.30. The normalized spacial score (nSPS) is 14.8. The maximum Gasteiger partial charge on any atom is 0.166 e. The summed E-state index contributed by atoms with van der Waals surface area (Å²) in [5.74, 6) is -3.54. The van der Waals surface area contributed by atoms with Crippen LogP contribution < -0.4 is 0 Å². The number of thiol groups is 1. The summed E-state index contributed by atoms with van der Waals surface area (Å²) in [5.41, 5.74) is -0.699. The van der Waals surface area contributed by atoms with Gasteiger partial charge in [0.2, 0.25) is 0 Å². The van der Waals surface area contributed by atoms with Gasteiger partial charge in [0.1, 0.15) is 5.82 Å². The summed E-state index contributed by atoms with van der Waals surface area (Å²) in [6.07, 6.45) is -0.0243. The van der Waals surface area contributed by atoms with E-state index in [9.17, 15) is 17.4 Å². The van der Waals surface area contributed by atoms with Gasteiger partial charge in [0.15, 0.2) is 22.7 Å². The Balaban J connectivity index is 3.28. The zero-order valence-corrected chi connectivity index (χ0v) is 9.70. The maximum absolute atomic E-state index is 13.3. The van der Waals surface area contributed by atoms with Crippen LogP contribution in [0, 0.1) is 17.5 Å². The van der Waals surface area contributed by atoms with Crippen LogP contribution in [0.3, 0.4) is 0 Å². The zero-order chi connectivity index (χ0) is 12.3. The van der Waals surface area contributed by atoms with Crippen LogP contribution in [-0.4, -0.2) is 14.5 Å². The van der Waals surface area contributed by atoms with E-state index in [1.54, 1.807) is 0 Å². The molecule has 0 radical (unpaired) electrons. The predicted octanol–water partition coefficient (Wildman–Crippen LogP) is 2.69. The molecule has 0 saturated carbocycles. The van der Waals surface area contributed by atoms with Gasteiger partial charge in [0.05, 0.1) is 5.25 Å². The van der Waals surface area contributed by atoms with E-state index < -0.39 is 39.3 Å². The molecule has 2 nitrogen and oxygen atoms in total. The Labute approximate surface area is 98.6 Å². The molecule has 1 aromatic rings. The average molecular weight is 270 g/mol. The molecule has 2 atom stereocenters. The lowest BCUT2D eigenvalue weighted by Gasteiger charge is -2.14. The molecule has 0 bridgehead atoms. The van der Waals surface area contributed by atoms with Crippen LogP contribution in [0.5, 0.6) is 0 Å². The quantitative estimate of drug-likeness (QED) is 0.501. The lowest BCUT2D eigenvalue weighted by Crippen LogP contribution is -2.12. The molecule has 0 fully saturated rings. The highest BCUT2D eigenvalue weighted by Gasteiger charge is 2.26. The molecule has 2 unspecified atom stereocenters. The Hall–Kier alpha value is -0.530. The molecule has 0 aliphatic carbocycles. The van der Waals surface area contributed by atoms with E-state index in [1.165, 1.54) is 0 Å². The number of hydrogen-bond donors (Lipinski definition) is 2. The van der Waals surface area contributed by atoms with Gasteiger partial charge in [0, 0.05) is 5.56 Å². The Morgan fingerprint density at radius 2 is 1.88 bits per heavy atom. The summed E-state index contributed by atoms with van der Waals surface area (Å²) in [6.45, 7) is 0. The largest absolute Gasteiger partial charge is 0.306 e. The minimum Gasteiger partial charge on any atom is -0.306 e. The summed E-state index contributed by atoms with van der Waals surface area (Å²) in [7, 11) is 0. The Morgan fingerprint density at radius 3 is 2.38 bits per heavy atom. The van der Waals surface area contributed by atoms with E-state index in [0.29, 0.717) is 6.07 Å². The number of hydrogen-bond acceptors (Lipinski definition) is 2. The number of benzene rings is 1. The molecule has 16 heavy (non-hydrogen) atoms.